The number of hydrogen-bond donors (Lipinski definition) is 0. The molecule has 0 heterocycles. The zero-order valence-electron chi connectivity index (χ0n) is 11.4. The van der Waals surface area contributed by atoms with Crippen LogP contribution in [0.2, 0.25) is 0 Å². The van der Waals surface area contributed by atoms with E-state index in [0.717, 1.165) is 27.7 Å². The van der Waals surface area contributed by atoms with Crippen LogP contribution in [0, 0.1) is 71.2 Å². The second-order valence-corrected chi connectivity index (χ2v) is 1.97. The van der Waals surface area contributed by atoms with E-state index in [0.29, 0.717) is 0 Å². The molecular weight excluding hydrogens is 534 g/mol. The second kappa shape index (κ2) is 42.7. The average Bonchev–Trinajstić information content (AvgIpc) is 1.76. The Morgan fingerprint density at radius 3 is 0.550 bits per heavy atom. The third-order valence-electron chi connectivity index (χ3n) is 0. The SMILES string of the molecule is CC(=O)[O-].CC(=O)[O-].CC(=O)[O-].CC(=O)[O-].O.O.[La+3].[La]. The van der Waals surface area contributed by atoms with Crippen molar-refractivity contribution in [1.82, 2.24) is 0 Å². The van der Waals surface area contributed by atoms with Crippen LogP contribution in [-0.4, -0.2) is 34.8 Å². The number of carbonyl (C=O) groups excluding carboxylic acids is 4. The summed E-state index contributed by atoms with van der Waals surface area (Å²) in [6.45, 7) is 3.89. The zero-order valence-corrected chi connectivity index (χ0v) is 18.7. The molecule has 0 aromatic rings. The molecule has 20 heavy (non-hydrogen) atoms. The van der Waals surface area contributed by atoms with Crippen molar-refractivity contribution in [2.24, 2.45) is 0 Å². The van der Waals surface area contributed by atoms with Crippen molar-refractivity contribution >= 4 is 23.9 Å². The normalized spacial score (nSPS) is 5.00. The number of carboxylic acids is 4. The summed E-state index contributed by atoms with van der Waals surface area (Å²) in [5.41, 5.74) is 0. The molecule has 0 aromatic carbocycles. The monoisotopic (exact) mass is 550 g/mol. The first kappa shape index (κ1) is 50.0. The number of hydrogen-bond acceptors (Lipinski definition) is 8. The predicted molar refractivity (Wildman–Crippen MR) is 50.0 cm³/mol. The van der Waals surface area contributed by atoms with E-state index in [1.165, 1.54) is 0 Å². The van der Waals surface area contributed by atoms with Crippen LogP contribution >= 0.6 is 0 Å². The molecule has 0 fully saturated rings. The summed E-state index contributed by atoms with van der Waals surface area (Å²) in [4.78, 5) is 35.6. The van der Waals surface area contributed by atoms with Gasteiger partial charge in [-0.3, -0.25) is 0 Å². The summed E-state index contributed by atoms with van der Waals surface area (Å²) in [5.74, 6) is -4.33. The fourth-order valence-electron chi connectivity index (χ4n) is 0. The molecule has 0 aromatic heterocycles. The van der Waals surface area contributed by atoms with E-state index in [1.54, 1.807) is 0 Å². The molecule has 0 spiro atoms. The number of rotatable bonds is 0. The van der Waals surface area contributed by atoms with Crippen molar-refractivity contribution in [3.8, 4) is 0 Å². The van der Waals surface area contributed by atoms with Gasteiger partial charge in [0.1, 0.15) is 0 Å². The second-order valence-electron chi connectivity index (χ2n) is 1.97. The van der Waals surface area contributed by atoms with Gasteiger partial charge in [-0.05, 0) is 27.7 Å². The average molecular weight is 550 g/mol. The van der Waals surface area contributed by atoms with Crippen molar-refractivity contribution < 1.29 is 122 Å². The Morgan fingerprint density at radius 2 is 0.550 bits per heavy atom. The quantitative estimate of drug-likeness (QED) is 0.281. The topological polar surface area (TPSA) is 224 Å². The maximum Gasteiger partial charge on any atom is 3.00 e. The van der Waals surface area contributed by atoms with Crippen LogP contribution in [0.25, 0.3) is 0 Å². The molecule has 0 unspecified atom stereocenters. The smallest absolute Gasteiger partial charge is 0.550 e. The molecule has 115 valence electrons. The van der Waals surface area contributed by atoms with Crippen molar-refractivity contribution in [1.29, 1.82) is 0 Å². The van der Waals surface area contributed by atoms with Gasteiger partial charge >= 0.3 is 35.6 Å². The molecule has 0 atom stereocenters. The van der Waals surface area contributed by atoms with Gasteiger partial charge in [0.05, 0.1) is 0 Å². The molecule has 0 rings (SSSR count). The van der Waals surface area contributed by atoms with E-state index in [-0.39, 0.29) is 82.2 Å². The van der Waals surface area contributed by atoms with Crippen molar-refractivity contribution in [2.45, 2.75) is 27.7 Å². The van der Waals surface area contributed by atoms with Crippen molar-refractivity contribution in [3.63, 3.8) is 0 Å². The standard InChI is InChI=1S/4C2H4O2.2La.2H2O/c4*1-2(3)4;;;;/h4*1H3,(H,3,4);;;2*1H2/q;;;;;+3;;/p-4. The molecular formula is C8H16La2O10-. The Hall–Kier alpha value is 0.190. The Balaban J connectivity index is -0.0000000150. The first-order chi connectivity index (χ1) is 6.93. The maximum absolute atomic E-state index is 8.89. The van der Waals surface area contributed by atoms with Crippen LogP contribution in [0.1, 0.15) is 27.7 Å². The van der Waals surface area contributed by atoms with Gasteiger partial charge in [0, 0.05) is 59.5 Å². The van der Waals surface area contributed by atoms with Gasteiger partial charge in [-0.15, -0.1) is 0 Å². The number of aliphatic carboxylic acids is 4. The molecule has 0 amide bonds. The fraction of sp³-hybridized carbons (Fsp3) is 0.500. The van der Waals surface area contributed by atoms with Gasteiger partial charge in [0.15, 0.2) is 0 Å². The third-order valence-corrected chi connectivity index (χ3v) is 0. The fourth-order valence-corrected chi connectivity index (χ4v) is 0. The predicted octanol–water partition coefficient (Wildman–Crippen LogP) is -6.62. The summed E-state index contributed by atoms with van der Waals surface area (Å²) in [6, 6.07) is 0. The molecule has 4 N–H and O–H groups in total. The van der Waals surface area contributed by atoms with Crippen LogP contribution in [0.5, 0.6) is 0 Å². The molecule has 0 aliphatic heterocycles. The molecule has 0 bridgehead atoms. The zero-order chi connectivity index (χ0) is 14.3. The molecule has 12 heteroatoms. The Bertz CT molecular complexity index is 167. The van der Waals surface area contributed by atoms with Gasteiger partial charge in [-0.1, -0.05) is 0 Å². The van der Waals surface area contributed by atoms with E-state index in [2.05, 4.69) is 0 Å². The van der Waals surface area contributed by atoms with Gasteiger partial charge in [0.25, 0.3) is 0 Å². The minimum atomic E-state index is -1.08. The van der Waals surface area contributed by atoms with E-state index in [9.17, 15) is 0 Å². The van der Waals surface area contributed by atoms with Crippen LogP contribution < -0.4 is 20.4 Å². The van der Waals surface area contributed by atoms with E-state index in [4.69, 9.17) is 39.6 Å². The Morgan fingerprint density at radius 1 is 0.550 bits per heavy atom. The molecule has 0 saturated carbocycles. The Kier molecular flexibility index (Phi) is 107. The van der Waals surface area contributed by atoms with Crippen LogP contribution in [0.3, 0.4) is 0 Å². The minimum Gasteiger partial charge on any atom is -0.550 e. The number of carboxylic acid groups (broad SMARTS) is 4. The molecule has 0 saturated heterocycles. The van der Waals surface area contributed by atoms with E-state index >= 15 is 0 Å². The number of carbonyl (C=O) groups is 4. The van der Waals surface area contributed by atoms with Crippen molar-refractivity contribution in [2.75, 3.05) is 0 Å². The molecule has 1 radical (unpaired) electrons. The summed E-state index contributed by atoms with van der Waals surface area (Å²) in [7, 11) is 0. The van der Waals surface area contributed by atoms with Crippen LogP contribution in [0.15, 0.2) is 0 Å². The molecule has 10 nitrogen and oxygen atoms in total. The minimum absolute atomic E-state index is 0. The first-order valence-electron chi connectivity index (χ1n) is 3.63. The summed E-state index contributed by atoms with van der Waals surface area (Å²) < 4.78 is 0. The first-order valence-corrected chi connectivity index (χ1v) is 3.63. The Labute approximate surface area is 171 Å². The van der Waals surface area contributed by atoms with Gasteiger partial charge in [-0.2, -0.15) is 0 Å². The van der Waals surface area contributed by atoms with E-state index < -0.39 is 23.9 Å². The van der Waals surface area contributed by atoms with Crippen molar-refractivity contribution in [3.05, 3.63) is 0 Å². The van der Waals surface area contributed by atoms with Crippen LogP contribution in [-0.2, 0) is 19.2 Å². The summed E-state index contributed by atoms with van der Waals surface area (Å²) in [6.07, 6.45) is 0. The summed E-state index contributed by atoms with van der Waals surface area (Å²) >= 11 is 0. The van der Waals surface area contributed by atoms with Crippen LogP contribution in [0.4, 0.5) is 0 Å². The van der Waals surface area contributed by atoms with E-state index in [1.807, 2.05) is 0 Å². The third kappa shape index (κ3) is 149000. The molecule has 0 aliphatic rings. The maximum atomic E-state index is 8.89. The van der Waals surface area contributed by atoms with Gasteiger partial charge < -0.3 is 50.6 Å². The largest absolute Gasteiger partial charge is 3.00 e. The van der Waals surface area contributed by atoms with Gasteiger partial charge in [-0.25, -0.2) is 0 Å². The van der Waals surface area contributed by atoms with Gasteiger partial charge in [0.2, 0.25) is 0 Å². The summed E-state index contributed by atoms with van der Waals surface area (Å²) in [5, 5.41) is 35.6. The molecule has 0 aliphatic carbocycles.